The summed E-state index contributed by atoms with van der Waals surface area (Å²) in [6, 6.07) is 4.55. The smallest absolute Gasteiger partial charge is 0.170 e. The molecule has 4 N–H and O–H groups in total. The van der Waals surface area contributed by atoms with E-state index in [1.807, 2.05) is 0 Å². The van der Waals surface area contributed by atoms with E-state index in [4.69, 9.17) is 15.7 Å². The van der Waals surface area contributed by atoms with Crippen molar-refractivity contribution in [2.45, 2.75) is 26.0 Å². The van der Waals surface area contributed by atoms with Gasteiger partial charge in [-0.25, -0.2) is 4.39 Å². The van der Waals surface area contributed by atoms with Crippen molar-refractivity contribution in [3.05, 3.63) is 35.1 Å². The molecule has 1 aromatic rings. The van der Waals surface area contributed by atoms with Gasteiger partial charge in [0.05, 0.1) is 6.10 Å². The van der Waals surface area contributed by atoms with Gasteiger partial charge in [-0.05, 0) is 25.3 Å². The topological polar surface area (TPSA) is 79.9 Å². The van der Waals surface area contributed by atoms with Crippen LogP contribution in [0.5, 0.6) is 0 Å². The molecule has 6 heteroatoms. The largest absolute Gasteiger partial charge is 0.409 e. The van der Waals surface area contributed by atoms with E-state index < -0.39 is 0 Å². The summed E-state index contributed by atoms with van der Waals surface area (Å²) in [5.74, 6) is 0.0205. The zero-order valence-corrected chi connectivity index (χ0v) is 11.5. The van der Waals surface area contributed by atoms with Crippen LogP contribution in [0.1, 0.15) is 24.5 Å². The van der Waals surface area contributed by atoms with Gasteiger partial charge in [-0.2, -0.15) is 0 Å². The molecule has 1 aliphatic heterocycles. The number of benzene rings is 1. The van der Waals surface area contributed by atoms with Crippen molar-refractivity contribution in [1.29, 1.82) is 0 Å². The van der Waals surface area contributed by atoms with Gasteiger partial charge in [-0.15, -0.1) is 0 Å². The Balaban J connectivity index is 1.90. The zero-order valence-electron chi connectivity index (χ0n) is 11.5. The summed E-state index contributed by atoms with van der Waals surface area (Å²) in [7, 11) is 0. The van der Waals surface area contributed by atoms with Crippen LogP contribution in [0.3, 0.4) is 0 Å². The Morgan fingerprint density at radius 2 is 2.40 bits per heavy atom. The first-order valence-electron chi connectivity index (χ1n) is 6.70. The summed E-state index contributed by atoms with van der Waals surface area (Å²) in [6.45, 7) is 4.12. The minimum Gasteiger partial charge on any atom is -0.409 e. The van der Waals surface area contributed by atoms with Crippen LogP contribution >= 0.6 is 0 Å². The molecule has 1 heterocycles. The molecule has 0 aliphatic carbocycles. The van der Waals surface area contributed by atoms with E-state index >= 15 is 0 Å². The molecular weight excluding hydrogens is 261 g/mol. The number of nitrogens with zero attached hydrogens (tertiary/aromatic N) is 1. The van der Waals surface area contributed by atoms with Gasteiger partial charge >= 0.3 is 0 Å². The molecule has 1 fully saturated rings. The third kappa shape index (κ3) is 3.46. The van der Waals surface area contributed by atoms with Crippen LogP contribution in [0.25, 0.3) is 0 Å². The van der Waals surface area contributed by atoms with Crippen LogP contribution in [-0.4, -0.2) is 30.3 Å². The average Bonchev–Trinajstić information content (AvgIpc) is 2.85. The summed E-state index contributed by atoms with van der Waals surface area (Å²) in [5.41, 5.74) is 6.34. The molecule has 1 aliphatic rings. The number of amidine groups is 1. The minimum absolute atomic E-state index is 0.0969. The maximum atomic E-state index is 13.9. The number of ether oxygens (including phenoxy) is 1. The molecule has 0 radical (unpaired) electrons. The fourth-order valence-corrected chi connectivity index (χ4v) is 2.34. The van der Waals surface area contributed by atoms with E-state index in [1.54, 1.807) is 12.1 Å². The Hall–Kier alpha value is -1.66. The number of hydrogen-bond donors (Lipinski definition) is 3. The highest BCUT2D eigenvalue weighted by atomic mass is 19.1. The van der Waals surface area contributed by atoms with E-state index in [2.05, 4.69) is 17.4 Å². The fraction of sp³-hybridized carbons (Fsp3) is 0.500. The van der Waals surface area contributed by atoms with E-state index in [0.717, 1.165) is 19.6 Å². The lowest BCUT2D eigenvalue weighted by Gasteiger charge is -2.15. The highest BCUT2D eigenvalue weighted by molar-refractivity contribution is 5.97. The molecule has 0 bridgehead atoms. The molecule has 110 valence electrons. The SMILES string of the molecule is CC1OCCC1CNCc1ccc(/C(N)=N/O)cc1F. The third-order valence-corrected chi connectivity index (χ3v) is 3.71. The number of rotatable bonds is 5. The minimum atomic E-state index is -0.364. The first kappa shape index (κ1) is 14.7. The second-order valence-electron chi connectivity index (χ2n) is 5.05. The van der Waals surface area contributed by atoms with Crippen molar-refractivity contribution in [2.24, 2.45) is 16.8 Å². The van der Waals surface area contributed by atoms with Gasteiger partial charge in [-0.1, -0.05) is 17.3 Å². The molecule has 0 saturated carbocycles. The van der Waals surface area contributed by atoms with Gasteiger partial charge < -0.3 is 21.0 Å². The lowest BCUT2D eigenvalue weighted by molar-refractivity contribution is 0.105. The van der Waals surface area contributed by atoms with Crippen molar-refractivity contribution in [3.8, 4) is 0 Å². The number of oxime groups is 1. The van der Waals surface area contributed by atoms with Crippen LogP contribution in [-0.2, 0) is 11.3 Å². The standard InChI is InChI=1S/C14H20FN3O2/c1-9-11(4-5-20-9)7-17-8-12-3-2-10(6-13(12)15)14(16)18-19/h2-3,6,9,11,17,19H,4-5,7-8H2,1H3,(H2,16,18). The summed E-state index contributed by atoms with van der Waals surface area (Å²) < 4.78 is 19.3. The molecule has 5 nitrogen and oxygen atoms in total. The number of nitrogens with one attached hydrogen (secondary N) is 1. The van der Waals surface area contributed by atoms with Crippen LogP contribution in [0, 0.1) is 11.7 Å². The van der Waals surface area contributed by atoms with Gasteiger partial charge in [0.2, 0.25) is 0 Å². The quantitative estimate of drug-likeness (QED) is 0.330. The van der Waals surface area contributed by atoms with Gasteiger partial charge in [0.15, 0.2) is 5.84 Å². The molecule has 2 rings (SSSR count). The summed E-state index contributed by atoms with van der Waals surface area (Å²) >= 11 is 0. The van der Waals surface area contributed by atoms with E-state index in [0.29, 0.717) is 23.6 Å². The van der Waals surface area contributed by atoms with Gasteiger partial charge in [0.25, 0.3) is 0 Å². The molecule has 2 unspecified atom stereocenters. The molecule has 2 atom stereocenters. The van der Waals surface area contributed by atoms with E-state index in [-0.39, 0.29) is 17.8 Å². The fourth-order valence-electron chi connectivity index (χ4n) is 2.34. The van der Waals surface area contributed by atoms with E-state index in [1.165, 1.54) is 6.07 Å². The Morgan fingerprint density at radius 1 is 1.60 bits per heavy atom. The third-order valence-electron chi connectivity index (χ3n) is 3.71. The zero-order chi connectivity index (χ0) is 14.5. The van der Waals surface area contributed by atoms with Crippen molar-refractivity contribution in [2.75, 3.05) is 13.2 Å². The first-order chi connectivity index (χ1) is 9.61. The first-order valence-corrected chi connectivity index (χ1v) is 6.70. The molecule has 1 aromatic carbocycles. The number of nitrogens with two attached hydrogens (primary N) is 1. The second-order valence-corrected chi connectivity index (χ2v) is 5.05. The molecule has 0 spiro atoms. The van der Waals surface area contributed by atoms with Crippen LogP contribution in [0.2, 0.25) is 0 Å². The molecule has 1 saturated heterocycles. The Kier molecular flexibility index (Phi) is 4.92. The van der Waals surface area contributed by atoms with Crippen molar-refractivity contribution >= 4 is 5.84 Å². The number of hydrogen-bond acceptors (Lipinski definition) is 4. The Bertz CT molecular complexity index is 493. The predicted molar refractivity (Wildman–Crippen MR) is 74.1 cm³/mol. The lowest BCUT2D eigenvalue weighted by Crippen LogP contribution is -2.27. The maximum Gasteiger partial charge on any atom is 0.170 e. The molecule has 20 heavy (non-hydrogen) atoms. The molecular formula is C14H20FN3O2. The highest BCUT2D eigenvalue weighted by Gasteiger charge is 2.23. The van der Waals surface area contributed by atoms with Crippen molar-refractivity contribution < 1.29 is 14.3 Å². The summed E-state index contributed by atoms with van der Waals surface area (Å²) in [4.78, 5) is 0. The van der Waals surface area contributed by atoms with Gasteiger partial charge in [0, 0.05) is 30.8 Å². The lowest BCUT2D eigenvalue weighted by atomic mass is 10.0. The monoisotopic (exact) mass is 281 g/mol. The average molecular weight is 281 g/mol. The van der Waals surface area contributed by atoms with Crippen LogP contribution in [0.15, 0.2) is 23.4 Å². The van der Waals surface area contributed by atoms with Gasteiger partial charge in [0.1, 0.15) is 5.82 Å². The Labute approximate surface area is 117 Å². The van der Waals surface area contributed by atoms with Crippen LogP contribution in [0.4, 0.5) is 4.39 Å². The number of halogens is 1. The molecule has 0 amide bonds. The summed E-state index contributed by atoms with van der Waals surface area (Å²) in [5, 5.41) is 14.6. The van der Waals surface area contributed by atoms with E-state index in [9.17, 15) is 4.39 Å². The van der Waals surface area contributed by atoms with Crippen LogP contribution < -0.4 is 11.1 Å². The van der Waals surface area contributed by atoms with Gasteiger partial charge in [-0.3, -0.25) is 0 Å². The highest BCUT2D eigenvalue weighted by Crippen LogP contribution is 2.19. The predicted octanol–water partition coefficient (Wildman–Crippen LogP) is 1.43. The summed E-state index contributed by atoms with van der Waals surface area (Å²) in [6.07, 6.45) is 1.30. The second kappa shape index (κ2) is 6.67. The van der Waals surface area contributed by atoms with Crippen molar-refractivity contribution in [3.63, 3.8) is 0 Å². The normalized spacial score (nSPS) is 23.2. The van der Waals surface area contributed by atoms with Crippen molar-refractivity contribution in [1.82, 2.24) is 5.32 Å². The Morgan fingerprint density at radius 3 is 3.00 bits per heavy atom. The molecule has 0 aromatic heterocycles. The maximum absolute atomic E-state index is 13.9.